The van der Waals surface area contributed by atoms with Crippen LogP contribution in [0.1, 0.15) is 51.8 Å². The summed E-state index contributed by atoms with van der Waals surface area (Å²) >= 11 is 0. The zero-order valence-corrected chi connectivity index (χ0v) is 20.5. The minimum absolute atomic E-state index is 0.000385. The van der Waals surface area contributed by atoms with Gasteiger partial charge >= 0.3 is 5.97 Å². The summed E-state index contributed by atoms with van der Waals surface area (Å²) in [7, 11) is 0. The molecule has 4 rings (SSSR count). The Balaban J connectivity index is 1.79. The van der Waals surface area contributed by atoms with Crippen LogP contribution in [-0.4, -0.2) is 48.4 Å². The molecule has 0 fully saturated rings. The molecule has 0 spiro atoms. The normalized spacial score (nSPS) is 11.6. The molecule has 0 saturated heterocycles. The molecule has 0 radical (unpaired) electrons. The molecular formula is C28H26N4O5. The maximum Gasteiger partial charge on any atom is 0.374 e. The molecular weight excluding hydrogens is 472 g/mol. The number of esters is 1. The molecule has 9 nitrogen and oxygen atoms in total. The highest BCUT2D eigenvalue weighted by Gasteiger charge is 2.31. The molecule has 0 amide bonds. The van der Waals surface area contributed by atoms with Gasteiger partial charge < -0.3 is 19.0 Å². The number of carbonyl (C=O) groups excluding carboxylic acids is 3. The number of hydrogen-bond donors (Lipinski definition) is 1. The SMILES string of the molecule is CCOC(=O)/C(O)=C(\C(=O)c1cn(Cc2ccccc2)cn1)c1ncc(C(C)=O)n1Cc1ccccc1. The van der Waals surface area contributed by atoms with E-state index in [4.69, 9.17) is 4.74 Å². The maximum absolute atomic E-state index is 13.7. The van der Waals surface area contributed by atoms with Crippen molar-refractivity contribution in [1.29, 1.82) is 0 Å². The summed E-state index contributed by atoms with van der Waals surface area (Å²) in [6.07, 6.45) is 4.35. The topological polar surface area (TPSA) is 116 Å². The summed E-state index contributed by atoms with van der Waals surface area (Å²) in [4.78, 5) is 47.1. The fourth-order valence-corrected chi connectivity index (χ4v) is 3.88. The second-order valence-corrected chi connectivity index (χ2v) is 8.29. The van der Waals surface area contributed by atoms with Crippen LogP contribution in [-0.2, 0) is 22.6 Å². The number of aliphatic hydroxyl groups is 1. The molecule has 0 atom stereocenters. The van der Waals surface area contributed by atoms with Gasteiger partial charge in [-0.3, -0.25) is 9.59 Å². The summed E-state index contributed by atoms with van der Waals surface area (Å²) in [5.41, 5.74) is 1.66. The first kappa shape index (κ1) is 25.3. The van der Waals surface area contributed by atoms with Crippen molar-refractivity contribution >= 4 is 23.1 Å². The summed E-state index contributed by atoms with van der Waals surface area (Å²) in [6.45, 7) is 3.61. The van der Waals surface area contributed by atoms with E-state index in [0.717, 1.165) is 11.1 Å². The van der Waals surface area contributed by atoms with Gasteiger partial charge in [-0.2, -0.15) is 0 Å². The number of Topliss-reactive ketones (excluding diaryl/α,β-unsaturated/α-hetero) is 2. The largest absolute Gasteiger partial charge is 0.501 e. The van der Waals surface area contributed by atoms with Crippen LogP contribution < -0.4 is 0 Å². The van der Waals surface area contributed by atoms with Gasteiger partial charge in [0.2, 0.25) is 11.5 Å². The highest BCUT2D eigenvalue weighted by molar-refractivity contribution is 6.30. The van der Waals surface area contributed by atoms with Crippen molar-refractivity contribution in [3.8, 4) is 0 Å². The number of aliphatic hydroxyl groups excluding tert-OH is 1. The number of ether oxygens (including phenoxy) is 1. The minimum Gasteiger partial charge on any atom is -0.501 e. The lowest BCUT2D eigenvalue weighted by molar-refractivity contribution is -0.141. The predicted octanol–water partition coefficient (Wildman–Crippen LogP) is 4.09. The standard InChI is InChI=1S/C28H26N4O5/c1-3-37-28(36)26(35)24(25(34)22-17-31(18-30-22)15-20-10-6-4-7-11-20)27-29-14-23(19(2)33)32(27)16-21-12-8-5-9-13-21/h4-14,17-18,35H,3,15-16H2,1-2H3/b26-24-. The summed E-state index contributed by atoms with van der Waals surface area (Å²) in [5, 5.41) is 10.9. The molecule has 1 N–H and O–H groups in total. The van der Waals surface area contributed by atoms with Gasteiger partial charge in [0, 0.05) is 26.2 Å². The van der Waals surface area contributed by atoms with E-state index in [0.29, 0.717) is 6.54 Å². The van der Waals surface area contributed by atoms with Gasteiger partial charge in [-0.25, -0.2) is 14.8 Å². The van der Waals surface area contributed by atoms with Crippen molar-refractivity contribution in [3.05, 3.63) is 113 Å². The Morgan fingerprint density at radius 1 is 0.919 bits per heavy atom. The maximum atomic E-state index is 13.7. The molecule has 0 aliphatic carbocycles. The van der Waals surface area contributed by atoms with Gasteiger partial charge in [0.05, 0.1) is 19.1 Å². The van der Waals surface area contributed by atoms with E-state index >= 15 is 0 Å². The number of imidazole rings is 2. The van der Waals surface area contributed by atoms with E-state index in [2.05, 4.69) is 9.97 Å². The number of nitrogens with zero attached hydrogens (tertiary/aromatic N) is 4. The van der Waals surface area contributed by atoms with Gasteiger partial charge in [-0.15, -0.1) is 0 Å². The van der Waals surface area contributed by atoms with Crippen LogP contribution in [0.5, 0.6) is 0 Å². The van der Waals surface area contributed by atoms with E-state index in [1.165, 1.54) is 30.2 Å². The number of ketones is 2. The third-order valence-electron chi connectivity index (χ3n) is 5.63. The molecule has 2 aromatic heterocycles. The van der Waals surface area contributed by atoms with Crippen LogP contribution >= 0.6 is 0 Å². The molecule has 4 aromatic rings. The fraction of sp³-hybridized carbons (Fsp3) is 0.179. The Morgan fingerprint density at radius 2 is 1.54 bits per heavy atom. The second kappa shape index (κ2) is 11.3. The van der Waals surface area contributed by atoms with Gasteiger partial charge in [0.1, 0.15) is 22.8 Å². The van der Waals surface area contributed by atoms with Gasteiger partial charge in [0.15, 0.2) is 5.78 Å². The molecule has 0 bridgehead atoms. The van der Waals surface area contributed by atoms with Gasteiger partial charge in [-0.05, 0) is 18.1 Å². The van der Waals surface area contributed by atoms with E-state index in [1.807, 2.05) is 60.7 Å². The van der Waals surface area contributed by atoms with Crippen molar-refractivity contribution in [2.24, 2.45) is 0 Å². The zero-order chi connectivity index (χ0) is 26.4. The Bertz CT molecular complexity index is 1450. The average molecular weight is 499 g/mol. The van der Waals surface area contributed by atoms with Crippen LogP contribution in [0.4, 0.5) is 0 Å². The summed E-state index contributed by atoms with van der Waals surface area (Å²) in [5.74, 6) is -3.04. The molecule has 0 saturated carbocycles. The minimum atomic E-state index is -1.08. The van der Waals surface area contributed by atoms with Crippen LogP contribution in [0, 0.1) is 0 Å². The predicted molar refractivity (Wildman–Crippen MR) is 136 cm³/mol. The van der Waals surface area contributed by atoms with E-state index in [1.54, 1.807) is 11.5 Å². The lowest BCUT2D eigenvalue weighted by Gasteiger charge is -2.14. The first-order chi connectivity index (χ1) is 17.9. The number of rotatable bonds is 10. The van der Waals surface area contributed by atoms with Crippen LogP contribution in [0.25, 0.3) is 5.57 Å². The molecule has 2 aromatic carbocycles. The highest BCUT2D eigenvalue weighted by Crippen LogP contribution is 2.25. The Kier molecular flexibility index (Phi) is 7.73. The molecule has 9 heteroatoms. The smallest absolute Gasteiger partial charge is 0.374 e. The number of hydrogen-bond acceptors (Lipinski definition) is 7. The Hall–Kier alpha value is -4.79. The first-order valence-electron chi connectivity index (χ1n) is 11.7. The van der Waals surface area contributed by atoms with Gasteiger partial charge in [0.25, 0.3) is 0 Å². The lowest BCUT2D eigenvalue weighted by atomic mass is 10.1. The summed E-state index contributed by atoms with van der Waals surface area (Å²) in [6, 6.07) is 18.9. The molecule has 37 heavy (non-hydrogen) atoms. The zero-order valence-electron chi connectivity index (χ0n) is 20.5. The molecule has 2 heterocycles. The quantitative estimate of drug-likeness (QED) is 0.151. The number of allylic oxidation sites excluding steroid dienone is 1. The van der Waals surface area contributed by atoms with Crippen molar-refractivity contribution in [2.45, 2.75) is 26.9 Å². The Morgan fingerprint density at radius 3 is 2.14 bits per heavy atom. The molecule has 0 unspecified atom stereocenters. The highest BCUT2D eigenvalue weighted by atomic mass is 16.5. The third kappa shape index (κ3) is 5.72. The van der Waals surface area contributed by atoms with Crippen LogP contribution in [0.15, 0.2) is 85.1 Å². The molecule has 0 aliphatic rings. The molecule has 188 valence electrons. The number of benzene rings is 2. The van der Waals surface area contributed by atoms with Crippen molar-refractivity contribution in [3.63, 3.8) is 0 Å². The first-order valence-corrected chi connectivity index (χ1v) is 11.7. The van der Waals surface area contributed by atoms with Crippen LogP contribution in [0.2, 0.25) is 0 Å². The second-order valence-electron chi connectivity index (χ2n) is 8.29. The van der Waals surface area contributed by atoms with Crippen molar-refractivity contribution in [1.82, 2.24) is 19.1 Å². The number of carbonyl (C=O) groups is 3. The van der Waals surface area contributed by atoms with Crippen molar-refractivity contribution in [2.75, 3.05) is 6.61 Å². The monoisotopic (exact) mass is 498 g/mol. The summed E-state index contributed by atoms with van der Waals surface area (Å²) < 4.78 is 8.18. The fourth-order valence-electron chi connectivity index (χ4n) is 3.88. The lowest BCUT2D eigenvalue weighted by Crippen LogP contribution is -2.19. The van der Waals surface area contributed by atoms with Gasteiger partial charge in [-0.1, -0.05) is 60.7 Å². The average Bonchev–Trinajstić information content (AvgIpc) is 3.53. The molecule has 0 aliphatic heterocycles. The van der Waals surface area contributed by atoms with E-state index in [-0.39, 0.29) is 36.1 Å². The Labute approximate surface area is 213 Å². The third-order valence-corrected chi connectivity index (χ3v) is 5.63. The van der Waals surface area contributed by atoms with Crippen LogP contribution in [0.3, 0.4) is 0 Å². The van der Waals surface area contributed by atoms with E-state index in [9.17, 15) is 19.5 Å². The van der Waals surface area contributed by atoms with Crippen molar-refractivity contribution < 1.29 is 24.2 Å². The van der Waals surface area contributed by atoms with E-state index < -0.39 is 23.1 Å². The number of aromatic nitrogens is 4.